The van der Waals surface area contributed by atoms with E-state index < -0.39 is 17.6 Å². The lowest BCUT2D eigenvalue weighted by Gasteiger charge is -2.23. The van der Waals surface area contributed by atoms with E-state index >= 15 is 0 Å². The molecule has 4 N–H and O–H groups in total. The third-order valence-corrected chi connectivity index (χ3v) is 2.14. The predicted octanol–water partition coefficient (Wildman–Crippen LogP) is 0.498. The van der Waals surface area contributed by atoms with Gasteiger partial charge in [0.05, 0.1) is 12.2 Å². The minimum Gasteiger partial charge on any atom is -0.480 e. The summed E-state index contributed by atoms with van der Waals surface area (Å²) in [6, 6.07) is -1.10. The number of nitrogens with one attached hydrogen (secondary N) is 1. The van der Waals surface area contributed by atoms with Crippen molar-refractivity contribution in [3.05, 3.63) is 0 Å². The second-order valence-corrected chi connectivity index (χ2v) is 5.40. The van der Waals surface area contributed by atoms with Gasteiger partial charge in [0.2, 0.25) is 5.91 Å². The zero-order valence-electron chi connectivity index (χ0n) is 11.5. The Morgan fingerprint density at radius 1 is 1.39 bits per heavy atom. The summed E-state index contributed by atoms with van der Waals surface area (Å²) in [5.41, 5.74) is 5.09. The van der Waals surface area contributed by atoms with Gasteiger partial charge < -0.3 is 20.9 Å². The first-order chi connectivity index (χ1) is 8.11. The fraction of sp³-hybridized carbons (Fsp3) is 0.833. The molecule has 6 heteroatoms. The number of carbonyl (C=O) groups excluding carboxylic acids is 1. The van der Waals surface area contributed by atoms with Gasteiger partial charge in [-0.1, -0.05) is 0 Å². The smallest absolute Gasteiger partial charge is 0.328 e. The molecule has 0 fully saturated rings. The van der Waals surface area contributed by atoms with E-state index in [-0.39, 0.29) is 25.0 Å². The molecule has 1 unspecified atom stereocenters. The number of hydrogen-bond donors (Lipinski definition) is 3. The molecule has 0 saturated heterocycles. The molecule has 0 spiro atoms. The zero-order valence-corrected chi connectivity index (χ0v) is 11.5. The molecule has 0 rings (SSSR count). The van der Waals surface area contributed by atoms with Gasteiger partial charge in [-0.2, -0.15) is 0 Å². The van der Waals surface area contributed by atoms with Gasteiger partial charge in [0.1, 0.15) is 0 Å². The molecule has 106 valence electrons. The molecule has 0 aliphatic carbocycles. The van der Waals surface area contributed by atoms with E-state index in [0.29, 0.717) is 6.42 Å². The largest absolute Gasteiger partial charge is 0.480 e. The van der Waals surface area contributed by atoms with Crippen molar-refractivity contribution in [2.45, 2.75) is 58.2 Å². The summed E-state index contributed by atoms with van der Waals surface area (Å²) in [7, 11) is 0. The van der Waals surface area contributed by atoms with E-state index in [0.717, 1.165) is 0 Å². The number of carboxylic acids is 1. The van der Waals surface area contributed by atoms with Crippen LogP contribution in [-0.2, 0) is 14.3 Å². The van der Waals surface area contributed by atoms with E-state index in [9.17, 15) is 9.59 Å². The first-order valence-electron chi connectivity index (χ1n) is 6.03. The molecule has 0 radical (unpaired) electrons. The van der Waals surface area contributed by atoms with E-state index in [2.05, 4.69) is 5.32 Å². The second kappa shape index (κ2) is 7.33. The fourth-order valence-corrected chi connectivity index (χ4v) is 1.13. The molecule has 1 amide bonds. The normalized spacial score (nSPS) is 14.9. The summed E-state index contributed by atoms with van der Waals surface area (Å²) < 4.78 is 5.36. The number of carbonyl (C=O) groups is 2. The highest BCUT2D eigenvalue weighted by molar-refractivity contribution is 5.83. The SMILES string of the molecule is CC(N)CCC(=O)N[C@@H](COC(C)(C)C)C(=O)O. The van der Waals surface area contributed by atoms with Gasteiger partial charge in [-0.05, 0) is 34.1 Å². The Kier molecular flexibility index (Phi) is 6.86. The standard InChI is InChI=1S/C12H24N2O4/c1-8(13)5-6-10(15)14-9(11(16)17)7-18-12(2,3)4/h8-9H,5-7,13H2,1-4H3,(H,14,15)(H,16,17)/t8?,9-/m0/s1. The molecule has 6 nitrogen and oxygen atoms in total. The van der Waals surface area contributed by atoms with Gasteiger partial charge >= 0.3 is 5.97 Å². The predicted molar refractivity (Wildman–Crippen MR) is 68.2 cm³/mol. The molecule has 2 atom stereocenters. The molecule has 0 bridgehead atoms. The van der Waals surface area contributed by atoms with Gasteiger partial charge in [0.15, 0.2) is 6.04 Å². The number of hydrogen-bond acceptors (Lipinski definition) is 4. The van der Waals surface area contributed by atoms with Crippen LogP contribution in [0.3, 0.4) is 0 Å². The van der Waals surface area contributed by atoms with Crippen LogP contribution < -0.4 is 11.1 Å². The van der Waals surface area contributed by atoms with Crippen LogP contribution in [0.15, 0.2) is 0 Å². The molecule has 0 aromatic carbocycles. The van der Waals surface area contributed by atoms with Gasteiger partial charge in [-0.25, -0.2) is 4.79 Å². The van der Waals surface area contributed by atoms with E-state index in [1.54, 1.807) is 6.92 Å². The van der Waals surface area contributed by atoms with Crippen LogP contribution in [0.5, 0.6) is 0 Å². The molecular weight excluding hydrogens is 236 g/mol. The number of amides is 1. The van der Waals surface area contributed by atoms with E-state index in [1.807, 2.05) is 20.8 Å². The summed E-state index contributed by atoms with van der Waals surface area (Å²) in [4.78, 5) is 22.5. The Labute approximate surface area is 108 Å². The van der Waals surface area contributed by atoms with Crippen molar-refractivity contribution in [3.63, 3.8) is 0 Å². The minimum absolute atomic E-state index is 0.0528. The summed E-state index contributed by atoms with van der Waals surface area (Å²) >= 11 is 0. The van der Waals surface area contributed by atoms with Crippen LogP contribution in [0, 0.1) is 0 Å². The highest BCUT2D eigenvalue weighted by Gasteiger charge is 2.23. The average molecular weight is 260 g/mol. The third kappa shape index (κ3) is 8.95. The van der Waals surface area contributed by atoms with Crippen molar-refractivity contribution < 1.29 is 19.4 Å². The maximum atomic E-state index is 11.5. The number of nitrogens with two attached hydrogens (primary N) is 1. The summed E-state index contributed by atoms with van der Waals surface area (Å²) in [5.74, 6) is -1.43. The van der Waals surface area contributed by atoms with Crippen LogP contribution in [0.2, 0.25) is 0 Å². The van der Waals surface area contributed by atoms with Crippen LogP contribution in [-0.4, -0.2) is 41.3 Å². The minimum atomic E-state index is -1.10. The molecule has 0 heterocycles. The van der Waals surface area contributed by atoms with Crippen molar-refractivity contribution in [3.8, 4) is 0 Å². The van der Waals surface area contributed by atoms with Crippen molar-refractivity contribution in [2.75, 3.05) is 6.61 Å². The maximum Gasteiger partial charge on any atom is 0.328 e. The molecule has 0 aromatic heterocycles. The highest BCUT2D eigenvalue weighted by atomic mass is 16.5. The number of ether oxygens (including phenoxy) is 1. The van der Waals surface area contributed by atoms with Gasteiger partial charge in [0.25, 0.3) is 0 Å². The Hall–Kier alpha value is -1.14. The summed E-state index contributed by atoms with van der Waals surface area (Å²) in [6.07, 6.45) is 0.745. The van der Waals surface area contributed by atoms with Gasteiger partial charge in [-0.15, -0.1) is 0 Å². The van der Waals surface area contributed by atoms with Crippen LogP contribution >= 0.6 is 0 Å². The Morgan fingerprint density at radius 2 is 1.94 bits per heavy atom. The lowest BCUT2D eigenvalue weighted by atomic mass is 10.1. The van der Waals surface area contributed by atoms with Gasteiger partial charge in [-0.3, -0.25) is 4.79 Å². The summed E-state index contributed by atoms with van der Waals surface area (Å²) in [6.45, 7) is 7.21. The number of carboxylic acid groups (broad SMARTS) is 1. The maximum absolute atomic E-state index is 11.5. The first-order valence-corrected chi connectivity index (χ1v) is 6.03. The average Bonchev–Trinajstić information content (AvgIpc) is 2.19. The molecular formula is C12H24N2O4. The Balaban J connectivity index is 4.19. The van der Waals surface area contributed by atoms with Crippen molar-refractivity contribution >= 4 is 11.9 Å². The molecule has 0 saturated carbocycles. The second-order valence-electron chi connectivity index (χ2n) is 5.40. The van der Waals surface area contributed by atoms with E-state index in [4.69, 9.17) is 15.6 Å². The quantitative estimate of drug-likeness (QED) is 0.618. The van der Waals surface area contributed by atoms with Crippen LogP contribution in [0.4, 0.5) is 0 Å². The highest BCUT2D eigenvalue weighted by Crippen LogP contribution is 2.07. The number of aliphatic carboxylic acids is 1. The Bertz CT molecular complexity index is 284. The zero-order chi connectivity index (χ0) is 14.3. The Morgan fingerprint density at radius 3 is 2.33 bits per heavy atom. The topological polar surface area (TPSA) is 102 Å². The van der Waals surface area contributed by atoms with Gasteiger partial charge in [0, 0.05) is 12.5 Å². The molecule has 0 aliphatic heterocycles. The monoisotopic (exact) mass is 260 g/mol. The molecule has 0 aromatic rings. The van der Waals surface area contributed by atoms with E-state index in [1.165, 1.54) is 0 Å². The lowest BCUT2D eigenvalue weighted by Crippen LogP contribution is -2.45. The molecule has 0 aliphatic rings. The van der Waals surface area contributed by atoms with Crippen LogP contribution in [0.25, 0.3) is 0 Å². The van der Waals surface area contributed by atoms with Crippen molar-refractivity contribution in [1.29, 1.82) is 0 Å². The van der Waals surface area contributed by atoms with Crippen molar-refractivity contribution in [2.24, 2.45) is 5.73 Å². The number of rotatable bonds is 7. The summed E-state index contributed by atoms with van der Waals surface area (Å²) in [5, 5.41) is 11.4. The first kappa shape index (κ1) is 16.9. The third-order valence-electron chi connectivity index (χ3n) is 2.14. The lowest BCUT2D eigenvalue weighted by molar-refractivity contribution is -0.145. The van der Waals surface area contributed by atoms with Crippen molar-refractivity contribution in [1.82, 2.24) is 5.32 Å². The molecule has 18 heavy (non-hydrogen) atoms. The van der Waals surface area contributed by atoms with Crippen LogP contribution in [0.1, 0.15) is 40.5 Å². The fourth-order valence-electron chi connectivity index (χ4n) is 1.13.